The summed E-state index contributed by atoms with van der Waals surface area (Å²) in [4.78, 5) is 28.7. The summed E-state index contributed by atoms with van der Waals surface area (Å²) in [5, 5.41) is 16.9. The highest BCUT2D eigenvalue weighted by molar-refractivity contribution is 14.1. The van der Waals surface area contributed by atoms with E-state index in [1.165, 1.54) is 0 Å². The molecule has 0 heterocycles. The molecule has 9 heteroatoms. The molecule has 0 saturated heterocycles. The van der Waals surface area contributed by atoms with Gasteiger partial charge in [-0.3, -0.25) is 9.59 Å². The second-order valence-corrected chi connectivity index (χ2v) is 7.54. The number of carbonyl (C=O) groups is 2. The van der Waals surface area contributed by atoms with Gasteiger partial charge in [-0.05, 0) is 41.3 Å². The molecule has 0 aliphatic rings. The van der Waals surface area contributed by atoms with Gasteiger partial charge in [0.25, 0.3) is 0 Å². The molecule has 8 nitrogen and oxygen atoms in total. The zero-order valence-corrected chi connectivity index (χ0v) is 19.7. The van der Waals surface area contributed by atoms with E-state index in [-0.39, 0.29) is 25.0 Å². The molecule has 2 rings (SSSR count). The number of aliphatic hydroxyl groups excluding tert-OH is 1. The average Bonchev–Trinajstić information content (AvgIpc) is 2.78. The van der Waals surface area contributed by atoms with Crippen LogP contribution in [0.4, 0.5) is 0 Å². The van der Waals surface area contributed by atoms with Crippen molar-refractivity contribution in [3.05, 3.63) is 42.0 Å². The molecule has 1 unspecified atom stereocenters. The van der Waals surface area contributed by atoms with Gasteiger partial charge in [-0.15, -0.1) is 0 Å². The van der Waals surface area contributed by atoms with Crippen molar-refractivity contribution in [2.24, 2.45) is 0 Å². The van der Waals surface area contributed by atoms with Crippen LogP contribution < -0.4 is 15.4 Å². The standard InChI is InChI=1S/C22H29IN2O6/c1-29-20-9-8-17-11-16(6-7-18(17)13-20)12-22(28)24-10-4-2-3-5-21(27)25-19(14-26)15-30-31-23/h6-9,11,13,19,26H,2-5,10,12,14-15H2,1H3,(H,24,28)(H,25,27). The Morgan fingerprint density at radius 2 is 1.84 bits per heavy atom. The highest BCUT2D eigenvalue weighted by Crippen LogP contribution is 2.22. The van der Waals surface area contributed by atoms with Crippen molar-refractivity contribution in [3.63, 3.8) is 0 Å². The van der Waals surface area contributed by atoms with Crippen LogP contribution in [-0.4, -0.2) is 49.8 Å². The molecule has 31 heavy (non-hydrogen) atoms. The Morgan fingerprint density at radius 1 is 1.06 bits per heavy atom. The monoisotopic (exact) mass is 544 g/mol. The molecule has 2 amide bonds. The number of unbranched alkanes of at least 4 members (excludes halogenated alkanes) is 2. The Kier molecular flexibility index (Phi) is 11.6. The summed E-state index contributed by atoms with van der Waals surface area (Å²) in [6, 6.07) is 11.3. The summed E-state index contributed by atoms with van der Waals surface area (Å²) < 4.78 is 9.67. The number of ether oxygens (including phenoxy) is 1. The van der Waals surface area contributed by atoms with Gasteiger partial charge in [-0.25, -0.2) is 4.89 Å². The number of aliphatic hydroxyl groups is 1. The maximum absolute atomic E-state index is 12.2. The molecule has 0 fully saturated rings. The Labute approximate surface area is 196 Å². The van der Waals surface area contributed by atoms with E-state index in [1.807, 2.05) is 36.4 Å². The van der Waals surface area contributed by atoms with E-state index < -0.39 is 6.04 Å². The minimum Gasteiger partial charge on any atom is -0.497 e. The van der Waals surface area contributed by atoms with Gasteiger partial charge in [-0.2, -0.15) is 3.22 Å². The van der Waals surface area contributed by atoms with E-state index in [2.05, 4.69) is 13.9 Å². The fourth-order valence-corrected chi connectivity index (χ4v) is 3.27. The van der Waals surface area contributed by atoms with Crippen LogP contribution in [0.15, 0.2) is 36.4 Å². The van der Waals surface area contributed by atoms with Gasteiger partial charge in [0, 0.05) is 13.0 Å². The molecular formula is C22H29IN2O6. The highest BCUT2D eigenvalue weighted by Gasteiger charge is 2.12. The van der Waals surface area contributed by atoms with E-state index in [0.717, 1.165) is 34.9 Å². The smallest absolute Gasteiger partial charge is 0.224 e. The Bertz CT molecular complexity index is 848. The van der Waals surface area contributed by atoms with Crippen molar-refractivity contribution >= 4 is 45.6 Å². The first-order valence-electron chi connectivity index (χ1n) is 10.2. The number of amides is 2. The summed E-state index contributed by atoms with van der Waals surface area (Å²) in [6.45, 7) is 0.442. The van der Waals surface area contributed by atoms with Crippen LogP contribution in [0.3, 0.4) is 0 Å². The number of rotatable bonds is 14. The van der Waals surface area contributed by atoms with Crippen molar-refractivity contribution in [1.29, 1.82) is 0 Å². The van der Waals surface area contributed by atoms with Crippen LogP contribution in [0.5, 0.6) is 5.75 Å². The summed E-state index contributed by atoms with van der Waals surface area (Å²) in [5.41, 5.74) is 0.960. The summed E-state index contributed by atoms with van der Waals surface area (Å²) >= 11 is 1.57. The Balaban J connectivity index is 1.62. The lowest BCUT2D eigenvalue weighted by atomic mass is 10.0. The predicted molar refractivity (Wildman–Crippen MR) is 126 cm³/mol. The lowest BCUT2D eigenvalue weighted by Crippen LogP contribution is -2.40. The van der Waals surface area contributed by atoms with Gasteiger partial charge < -0.3 is 20.5 Å². The van der Waals surface area contributed by atoms with E-state index in [1.54, 1.807) is 30.1 Å². The minimum atomic E-state index is -0.487. The number of halogens is 1. The third-order valence-electron chi connectivity index (χ3n) is 4.78. The van der Waals surface area contributed by atoms with Gasteiger partial charge in [0.2, 0.25) is 11.8 Å². The highest BCUT2D eigenvalue weighted by atomic mass is 127. The van der Waals surface area contributed by atoms with Gasteiger partial charge >= 0.3 is 0 Å². The first-order chi connectivity index (χ1) is 15.0. The SMILES string of the molecule is COc1ccc2cc(CC(=O)NCCCCCC(=O)NC(CO)COOI)ccc2c1. The number of nitrogens with one attached hydrogen (secondary N) is 2. The lowest BCUT2D eigenvalue weighted by molar-refractivity contribution is -0.175. The van der Waals surface area contributed by atoms with Gasteiger partial charge in [0.15, 0.2) is 23.0 Å². The lowest BCUT2D eigenvalue weighted by Gasteiger charge is -2.14. The van der Waals surface area contributed by atoms with Crippen LogP contribution in [0, 0.1) is 0 Å². The quantitative estimate of drug-likeness (QED) is 0.146. The largest absolute Gasteiger partial charge is 0.497 e. The molecule has 0 saturated carbocycles. The molecule has 0 radical (unpaired) electrons. The Hall–Kier alpha value is -1.95. The molecule has 0 aliphatic carbocycles. The molecule has 2 aromatic rings. The zero-order valence-electron chi connectivity index (χ0n) is 17.6. The maximum Gasteiger partial charge on any atom is 0.224 e. The van der Waals surface area contributed by atoms with Crippen LogP contribution in [0.2, 0.25) is 0 Å². The van der Waals surface area contributed by atoms with E-state index in [9.17, 15) is 14.7 Å². The van der Waals surface area contributed by atoms with E-state index in [0.29, 0.717) is 25.8 Å². The number of hydrogen-bond acceptors (Lipinski definition) is 6. The summed E-state index contributed by atoms with van der Waals surface area (Å²) in [6.07, 6.45) is 3.01. The molecule has 0 bridgehead atoms. The van der Waals surface area contributed by atoms with Crippen LogP contribution in [-0.2, 0) is 24.1 Å². The summed E-state index contributed by atoms with van der Waals surface area (Å²) in [5.74, 6) is 0.645. The first kappa shape index (κ1) is 25.3. The molecule has 0 aliphatic heterocycles. The fourth-order valence-electron chi connectivity index (χ4n) is 3.12. The molecule has 2 aromatic carbocycles. The topological polar surface area (TPSA) is 106 Å². The number of methoxy groups -OCH3 is 1. The fraction of sp³-hybridized carbons (Fsp3) is 0.455. The van der Waals surface area contributed by atoms with Crippen molar-refractivity contribution in [1.82, 2.24) is 10.6 Å². The van der Waals surface area contributed by atoms with Gasteiger partial charge in [0.05, 0.1) is 26.2 Å². The van der Waals surface area contributed by atoms with Crippen LogP contribution >= 0.6 is 23.0 Å². The van der Waals surface area contributed by atoms with Crippen molar-refractivity contribution in [2.45, 2.75) is 38.1 Å². The predicted octanol–water partition coefficient (Wildman–Crippen LogP) is 2.84. The van der Waals surface area contributed by atoms with Crippen molar-refractivity contribution in [3.8, 4) is 5.75 Å². The molecule has 0 aromatic heterocycles. The molecule has 1 atom stereocenters. The van der Waals surface area contributed by atoms with E-state index >= 15 is 0 Å². The minimum absolute atomic E-state index is 0.0196. The Morgan fingerprint density at radius 3 is 2.58 bits per heavy atom. The third-order valence-corrected chi connectivity index (χ3v) is 5.03. The number of hydrogen-bond donors (Lipinski definition) is 3. The molecule has 0 spiro atoms. The van der Waals surface area contributed by atoms with Crippen LogP contribution in [0.1, 0.15) is 31.2 Å². The number of carbonyl (C=O) groups excluding carboxylic acids is 2. The van der Waals surface area contributed by atoms with Crippen LogP contribution in [0.25, 0.3) is 10.8 Å². The van der Waals surface area contributed by atoms with Gasteiger partial charge in [-0.1, -0.05) is 30.7 Å². The second kappa shape index (κ2) is 14.2. The third kappa shape index (κ3) is 9.38. The molecule has 170 valence electrons. The first-order valence-corrected chi connectivity index (χ1v) is 11.1. The average molecular weight is 544 g/mol. The molecular weight excluding hydrogens is 515 g/mol. The molecule has 3 N–H and O–H groups in total. The number of fused-ring (bicyclic) bond motifs is 1. The summed E-state index contributed by atoms with van der Waals surface area (Å²) in [7, 11) is 1.64. The number of benzene rings is 2. The van der Waals surface area contributed by atoms with Crippen molar-refractivity contribution in [2.75, 3.05) is 26.9 Å². The van der Waals surface area contributed by atoms with Crippen molar-refractivity contribution < 1.29 is 27.5 Å². The normalized spacial score (nSPS) is 11.8. The second-order valence-electron chi connectivity index (χ2n) is 7.18. The zero-order chi connectivity index (χ0) is 22.5. The maximum atomic E-state index is 12.2. The van der Waals surface area contributed by atoms with E-state index in [4.69, 9.17) is 9.62 Å². The van der Waals surface area contributed by atoms with Gasteiger partial charge in [0.1, 0.15) is 12.4 Å².